The van der Waals surface area contributed by atoms with E-state index in [1.807, 2.05) is 6.92 Å². The number of hydrogen-bond donors (Lipinski definition) is 2. The maximum atomic E-state index is 10.6. The smallest absolute Gasteiger partial charge is 0.308 e. The molecule has 0 bridgehead atoms. The second-order valence-electron chi connectivity index (χ2n) is 3.45. The maximum absolute atomic E-state index is 10.6. The van der Waals surface area contributed by atoms with Crippen LogP contribution >= 0.6 is 33.9 Å². The third-order valence-electron chi connectivity index (χ3n) is 1.92. The van der Waals surface area contributed by atoms with Crippen LogP contribution in [-0.2, 0) is 11.2 Å². The summed E-state index contributed by atoms with van der Waals surface area (Å²) >= 11 is 3.41. The molecule has 0 radical (unpaired) electrons. The van der Waals surface area contributed by atoms with Gasteiger partial charge in [-0.15, -0.1) is 11.3 Å². The fourth-order valence-electron chi connectivity index (χ4n) is 1.30. The van der Waals surface area contributed by atoms with E-state index in [1.54, 1.807) is 12.3 Å². The normalized spacial score (nSPS) is 10.3. The number of rotatable bonds is 4. The molecule has 0 saturated heterocycles. The minimum Gasteiger partial charge on any atom is -0.481 e. The summed E-state index contributed by atoms with van der Waals surface area (Å²) in [6, 6.07) is 1.80. The molecule has 2 N–H and O–H groups in total. The first kappa shape index (κ1) is 13.1. The topological polar surface area (TPSA) is 88.0 Å². The molecular weight excluding hydrogens is 367 g/mol. The van der Waals surface area contributed by atoms with Crippen LogP contribution in [0.1, 0.15) is 10.7 Å². The average molecular weight is 376 g/mol. The monoisotopic (exact) mass is 376 g/mol. The second-order valence-corrected chi connectivity index (χ2v) is 5.67. The molecule has 0 unspecified atom stereocenters. The van der Waals surface area contributed by atoms with Gasteiger partial charge in [0, 0.05) is 17.1 Å². The number of halogens is 1. The van der Waals surface area contributed by atoms with Crippen molar-refractivity contribution in [2.75, 3.05) is 5.32 Å². The first-order valence-corrected chi connectivity index (χ1v) is 6.87. The quantitative estimate of drug-likeness (QED) is 0.629. The zero-order valence-corrected chi connectivity index (χ0v) is 12.3. The summed E-state index contributed by atoms with van der Waals surface area (Å²) in [5.41, 5.74) is 0. The fraction of sp³-hybridized carbons (Fsp3) is 0.200. The number of hydrogen-bond acceptors (Lipinski definition) is 6. The number of carbonyl (C=O) groups is 1. The Labute approximate surface area is 121 Å². The van der Waals surface area contributed by atoms with E-state index in [1.165, 1.54) is 11.3 Å². The molecule has 0 aliphatic heterocycles. The van der Waals surface area contributed by atoms with E-state index in [4.69, 9.17) is 5.11 Å². The standard InChI is InChI=1S/C10H9IN4O2S/c1-5-13-7(11)3-8(14-5)15-10-12-4-6(18-10)2-9(16)17/h3-4H,2H2,1H3,(H,16,17)(H,12,13,14,15). The molecule has 0 saturated carbocycles. The highest BCUT2D eigenvalue weighted by Gasteiger charge is 2.07. The van der Waals surface area contributed by atoms with Crippen molar-refractivity contribution >= 4 is 50.8 Å². The highest BCUT2D eigenvalue weighted by molar-refractivity contribution is 14.1. The molecule has 6 nitrogen and oxygen atoms in total. The predicted molar refractivity (Wildman–Crippen MR) is 76.2 cm³/mol. The Morgan fingerprint density at radius 2 is 2.33 bits per heavy atom. The molecular formula is C10H9IN4O2S. The maximum Gasteiger partial charge on any atom is 0.308 e. The number of aliphatic carboxylic acids is 1. The van der Waals surface area contributed by atoms with E-state index in [9.17, 15) is 4.79 Å². The Balaban J connectivity index is 2.13. The van der Waals surface area contributed by atoms with Crippen LogP contribution in [0, 0.1) is 10.6 Å². The van der Waals surface area contributed by atoms with Crippen molar-refractivity contribution in [3.05, 3.63) is 26.7 Å². The third-order valence-corrected chi connectivity index (χ3v) is 3.39. The van der Waals surface area contributed by atoms with Crippen LogP contribution in [0.4, 0.5) is 10.9 Å². The van der Waals surface area contributed by atoms with E-state index in [-0.39, 0.29) is 6.42 Å². The second kappa shape index (κ2) is 5.57. The summed E-state index contributed by atoms with van der Waals surface area (Å²) in [4.78, 5) is 23.8. The van der Waals surface area contributed by atoms with Crippen LogP contribution < -0.4 is 5.32 Å². The number of carboxylic acid groups (broad SMARTS) is 1. The van der Waals surface area contributed by atoms with E-state index < -0.39 is 5.97 Å². The number of thiazole rings is 1. The number of nitrogens with zero attached hydrogens (tertiary/aromatic N) is 3. The van der Waals surface area contributed by atoms with Crippen LogP contribution in [-0.4, -0.2) is 26.0 Å². The Hall–Kier alpha value is -1.29. The molecule has 2 heterocycles. The molecule has 0 amide bonds. The average Bonchev–Trinajstić information content (AvgIpc) is 2.62. The van der Waals surface area contributed by atoms with Gasteiger partial charge in [0.25, 0.3) is 0 Å². The van der Waals surface area contributed by atoms with Gasteiger partial charge in [-0.25, -0.2) is 15.0 Å². The highest BCUT2D eigenvalue weighted by Crippen LogP contribution is 2.22. The van der Waals surface area contributed by atoms with Gasteiger partial charge in [0.2, 0.25) is 0 Å². The molecule has 0 spiro atoms. The van der Waals surface area contributed by atoms with Gasteiger partial charge in [-0.05, 0) is 29.5 Å². The van der Waals surface area contributed by atoms with Crippen molar-refractivity contribution in [3.63, 3.8) is 0 Å². The molecule has 0 atom stereocenters. The largest absolute Gasteiger partial charge is 0.481 e. The molecule has 2 aromatic rings. The Morgan fingerprint density at radius 3 is 3.00 bits per heavy atom. The lowest BCUT2D eigenvalue weighted by atomic mass is 10.4. The molecule has 18 heavy (non-hydrogen) atoms. The van der Waals surface area contributed by atoms with Crippen molar-refractivity contribution < 1.29 is 9.90 Å². The van der Waals surface area contributed by atoms with Gasteiger partial charge in [-0.1, -0.05) is 0 Å². The molecule has 94 valence electrons. The Kier molecular flexibility index (Phi) is 4.07. The van der Waals surface area contributed by atoms with Gasteiger partial charge < -0.3 is 10.4 Å². The molecule has 0 aromatic carbocycles. The number of nitrogens with one attached hydrogen (secondary N) is 1. The molecule has 0 fully saturated rings. The lowest BCUT2D eigenvalue weighted by Crippen LogP contribution is -1.98. The van der Waals surface area contributed by atoms with Crippen molar-refractivity contribution in [2.24, 2.45) is 0 Å². The molecule has 0 aliphatic rings. The molecule has 2 rings (SSSR count). The van der Waals surface area contributed by atoms with Crippen molar-refractivity contribution in [3.8, 4) is 0 Å². The first-order valence-electron chi connectivity index (χ1n) is 4.97. The van der Waals surface area contributed by atoms with Crippen molar-refractivity contribution in [1.82, 2.24) is 15.0 Å². The predicted octanol–water partition coefficient (Wildman–Crippen LogP) is 2.22. The van der Waals surface area contributed by atoms with Gasteiger partial charge in [0.1, 0.15) is 15.3 Å². The lowest BCUT2D eigenvalue weighted by molar-refractivity contribution is -0.136. The first-order chi connectivity index (χ1) is 8.52. The van der Waals surface area contributed by atoms with Gasteiger partial charge >= 0.3 is 5.97 Å². The van der Waals surface area contributed by atoms with E-state index in [0.717, 1.165) is 3.70 Å². The fourth-order valence-corrected chi connectivity index (χ4v) is 2.76. The van der Waals surface area contributed by atoms with E-state index >= 15 is 0 Å². The van der Waals surface area contributed by atoms with Gasteiger partial charge in [-0.2, -0.15) is 0 Å². The van der Waals surface area contributed by atoms with Gasteiger partial charge in [0.15, 0.2) is 5.13 Å². The summed E-state index contributed by atoms with van der Waals surface area (Å²) in [5, 5.41) is 12.3. The van der Waals surface area contributed by atoms with Gasteiger partial charge in [-0.3, -0.25) is 4.79 Å². The Bertz CT molecular complexity index is 567. The zero-order valence-electron chi connectivity index (χ0n) is 9.35. The van der Waals surface area contributed by atoms with Crippen molar-refractivity contribution in [1.29, 1.82) is 0 Å². The minimum absolute atomic E-state index is 0.0142. The molecule has 0 aliphatic carbocycles. The summed E-state index contributed by atoms with van der Waals surface area (Å²) in [6.07, 6.45) is 1.54. The number of carboxylic acids is 1. The third kappa shape index (κ3) is 3.60. The lowest BCUT2D eigenvalue weighted by Gasteiger charge is -2.02. The van der Waals surface area contributed by atoms with Crippen LogP contribution in [0.5, 0.6) is 0 Å². The van der Waals surface area contributed by atoms with Crippen molar-refractivity contribution in [2.45, 2.75) is 13.3 Å². The van der Waals surface area contributed by atoms with Gasteiger partial charge in [0.05, 0.1) is 6.42 Å². The number of aromatic nitrogens is 3. The SMILES string of the molecule is Cc1nc(I)cc(Nc2ncc(CC(=O)O)s2)n1. The highest BCUT2D eigenvalue weighted by atomic mass is 127. The summed E-state index contributed by atoms with van der Waals surface area (Å²) in [6.45, 7) is 1.81. The summed E-state index contributed by atoms with van der Waals surface area (Å²) < 4.78 is 0.838. The van der Waals surface area contributed by atoms with Crippen LogP contribution in [0.2, 0.25) is 0 Å². The van der Waals surface area contributed by atoms with Crippen LogP contribution in [0.25, 0.3) is 0 Å². The van der Waals surface area contributed by atoms with Crippen LogP contribution in [0.3, 0.4) is 0 Å². The summed E-state index contributed by atoms with van der Waals surface area (Å²) in [5.74, 6) is 0.465. The molecule has 2 aromatic heterocycles. The number of anilines is 2. The Morgan fingerprint density at radius 1 is 1.56 bits per heavy atom. The minimum atomic E-state index is -0.863. The van der Waals surface area contributed by atoms with Crippen LogP contribution in [0.15, 0.2) is 12.3 Å². The zero-order chi connectivity index (χ0) is 13.1. The molecule has 8 heteroatoms. The number of aryl methyl sites for hydroxylation is 1. The summed E-state index contributed by atoms with van der Waals surface area (Å²) in [7, 11) is 0. The van der Waals surface area contributed by atoms with E-state index in [0.29, 0.717) is 21.7 Å². The van der Waals surface area contributed by atoms with E-state index in [2.05, 4.69) is 42.9 Å².